The minimum absolute atomic E-state index is 0.0417. The van der Waals surface area contributed by atoms with Gasteiger partial charge in [-0.3, -0.25) is 25.8 Å². The van der Waals surface area contributed by atoms with Crippen LogP contribution in [0.25, 0.3) is 0 Å². The van der Waals surface area contributed by atoms with E-state index in [2.05, 4.69) is 31.8 Å². The van der Waals surface area contributed by atoms with Gasteiger partial charge in [0.25, 0.3) is 0 Å². The average Bonchev–Trinajstić information content (AvgIpc) is 1.97. The Hall–Kier alpha value is 1.17. The van der Waals surface area contributed by atoms with Crippen molar-refractivity contribution in [3.05, 3.63) is 35.1 Å². The molecular formula is C6H3Br2ClFMg. The van der Waals surface area contributed by atoms with Crippen LogP contribution >= 0.6 is 37.4 Å². The van der Waals surface area contributed by atoms with Crippen LogP contribution in [0.1, 0.15) is 0 Å². The van der Waals surface area contributed by atoms with E-state index >= 15 is 0 Å². The summed E-state index contributed by atoms with van der Waals surface area (Å²) in [6, 6.07) is 6.75. The second-order valence-electron chi connectivity index (χ2n) is 1.44. The quantitative estimate of drug-likeness (QED) is 0.642. The van der Waals surface area contributed by atoms with E-state index in [0.717, 1.165) is 0 Å². The van der Waals surface area contributed by atoms with E-state index in [1.165, 1.54) is 12.1 Å². The second kappa shape index (κ2) is 7.80. The lowest BCUT2D eigenvalue weighted by Gasteiger charge is -1.86. The zero-order chi connectivity index (χ0) is 8.69. The Labute approximate surface area is 92.0 Å². The molecule has 0 amide bonds. The Morgan fingerprint density at radius 1 is 1.55 bits per heavy atom. The Morgan fingerprint density at radius 2 is 2.09 bits per heavy atom. The fourth-order valence-corrected chi connectivity index (χ4v) is 0.509. The van der Waals surface area contributed by atoms with Crippen LogP contribution in [0, 0.1) is 11.9 Å². The van der Waals surface area contributed by atoms with E-state index in [9.17, 15) is 4.39 Å². The molecule has 57 valence electrons. The zero-order valence-electron chi connectivity index (χ0n) is 5.45. The highest BCUT2D eigenvalue weighted by atomic mass is 79.9. The van der Waals surface area contributed by atoms with Crippen molar-refractivity contribution in [1.29, 1.82) is 0 Å². The fraction of sp³-hybridized carbons (Fsp3) is 0. The van der Waals surface area contributed by atoms with Crippen LogP contribution in [0.5, 0.6) is 0 Å². The van der Waals surface area contributed by atoms with E-state index in [1.54, 1.807) is 6.07 Å². The summed E-state index contributed by atoms with van der Waals surface area (Å²) in [4.78, 5) is 0. The number of rotatable bonds is 0. The Morgan fingerprint density at radius 3 is 2.36 bits per heavy atom. The second-order valence-corrected chi connectivity index (χ2v) is 9.93. The maximum Gasteiger partial charge on any atom is 0.560 e. The van der Waals surface area contributed by atoms with Gasteiger partial charge in [0.2, 0.25) is 0 Å². The molecule has 0 aromatic heterocycles. The lowest BCUT2D eigenvalue weighted by Crippen LogP contribution is -1.70. The third-order valence-electron chi connectivity index (χ3n) is 0.764. The van der Waals surface area contributed by atoms with Crippen LogP contribution in [-0.2, 0) is 0 Å². The molecule has 0 nitrogen and oxygen atoms in total. The van der Waals surface area contributed by atoms with Gasteiger partial charge in [-0.25, -0.2) is 4.39 Å². The molecule has 0 fully saturated rings. The van der Waals surface area contributed by atoms with Crippen LogP contribution in [0.2, 0.25) is 5.02 Å². The molecule has 0 spiro atoms. The smallest absolute Gasteiger partial charge is 0.280 e. The van der Waals surface area contributed by atoms with Gasteiger partial charge < -0.3 is 0 Å². The van der Waals surface area contributed by atoms with Crippen LogP contribution in [-0.4, -0.2) is 16.0 Å². The minimum Gasteiger partial charge on any atom is -0.280 e. The first-order valence-electron chi connectivity index (χ1n) is 2.65. The number of hydrogen-bond acceptors (Lipinski definition) is 0. The lowest BCUT2D eigenvalue weighted by atomic mass is 10.4. The molecule has 0 aliphatic heterocycles. The van der Waals surface area contributed by atoms with E-state index in [1.807, 2.05) is 0 Å². The average molecular weight is 314 g/mol. The Bertz CT molecular complexity index is 189. The first-order valence-corrected chi connectivity index (χ1v) is 10.8. The maximum absolute atomic E-state index is 12.2. The molecule has 5 heteroatoms. The van der Waals surface area contributed by atoms with Crippen molar-refractivity contribution >= 4 is 53.4 Å². The van der Waals surface area contributed by atoms with Gasteiger partial charge in [-0.1, -0.05) is 17.7 Å². The molecule has 0 N–H and O–H groups in total. The molecule has 0 unspecified atom stereocenters. The Balaban J connectivity index is 0.000000292. The van der Waals surface area contributed by atoms with Gasteiger partial charge in [0.1, 0.15) is 5.82 Å². The molecule has 0 saturated carbocycles. The highest BCUT2D eigenvalue weighted by molar-refractivity contribution is 9.47. The van der Waals surface area contributed by atoms with Crippen LogP contribution in [0.15, 0.2) is 18.2 Å². The number of halogens is 4. The standard InChI is InChI=1S/C6H3ClF.2BrH.Mg/c7-5-3-1-2-4-6(5)8;;;/h1,3-4H;2*1H;/q;;;+2/p-2. The first kappa shape index (κ1) is 12.2. The highest BCUT2D eigenvalue weighted by Gasteiger charge is 1.91. The summed E-state index contributed by atoms with van der Waals surface area (Å²) >= 11 is 11.8. The molecule has 0 bridgehead atoms. The van der Waals surface area contributed by atoms with Crippen LogP contribution in [0.4, 0.5) is 4.39 Å². The largest absolute Gasteiger partial charge is 0.560 e. The summed E-state index contributed by atoms with van der Waals surface area (Å²) in [7, 11) is 0. The van der Waals surface area contributed by atoms with E-state index in [-0.39, 0.29) is 21.0 Å². The highest BCUT2D eigenvalue weighted by Crippen LogP contribution is 2.10. The van der Waals surface area contributed by atoms with E-state index in [0.29, 0.717) is 0 Å². The van der Waals surface area contributed by atoms with E-state index < -0.39 is 5.82 Å². The van der Waals surface area contributed by atoms with Crippen molar-refractivity contribution in [2.24, 2.45) is 0 Å². The van der Waals surface area contributed by atoms with Gasteiger partial charge in [0.15, 0.2) is 0 Å². The summed E-state index contributed by atoms with van der Waals surface area (Å²) < 4.78 is 12.2. The topological polar surface area (TPSA) is 0 Å². The fourth-order valence-electron chi connectivity index (χ4n) is 0.391. The van der Waals surface area contributed by atoms with Gasteiger partial charge in [0.05, 0.1) is 5.02 Å². The summed E-state index contributed by atoms with van der Waals surface area (Å²) in [5.74, 6) is -0.422. The molecule has 11 heavy (non-hydrogen) atoms. The van der Waals surface area contributed by atoms with Gasteiger partial charge >= 0.3 is 16.0 Å². The molecular weight excluding hydrogens is 311 g/mol. The molecule has 0 saturated heterocycles. The van der Waals surface area contributed by atoms with Crippen molar-refractivity contribution in [1.82, 2.24) is 0 Å². The molecule has 1 aromatic carbocycles. The van der Waals surface area contributed by atoms with Gasteiger partial charge in [-0.2, -0.15) is 0 Å². The van der Waals surface area contributed by atoms with E-state index in [4.69, 9.17) is 11.6 Å². The van der Waals surface area contributed by atoms with Gasteiger partial charge in [-0.05, 0) is 18.2 Å². The molecule has 0 aliphatic rings. The van der Waals surface area contributed by atoms with Crippen molar-refractivity contribution in [3.8, 4) is 0 Å². The third-order valence-corrected chi connectivity index (χ3v) is 1.07. The van der Waals surface area contributed by atoms with Crippen molar-refractivity contribution in [2.45, 2.75) is 0 Å². The summed E-state index contributed by atoms with van der Waals surface area (Å²) in [6.45, 7) is 0. The Kier molecular flexibility index (Phi) is 8.62. The normalized spacial score (nSPS) is 7.64. The molecule has 0 aliphatic carbocycles. The SMILES string of the molecule is Fc1c[c]ccc1Cl.[Br][Mg][Br]. The first-order chi connectivity index (χ1) is 5.22. The third kappa shape index (κ3) is 6.34. The van der Waals surface area contributed by atoms with Crippen molar-refractivity contribution < 1.29 is 4.39 Å². The zero-order valence-corrected chi connectivity index (χ0v) is 10.8. The summed E-state index contributed by atoms with van der Waals surface area (Å²) in [5.41, 5.74) is 0. The summed E-state index contributed by atoms with van der Waals surface area (Å²) in [5, 5.41) is 0.142. The molecule has 0 atom stereocenters. The predicted molar refractivity (Wildman–Crippen MR) is 53.9 cm³/mol. The molecule has 0 heterocycles. The predicted octanol–water partition coefficient (Wildman–Crippen LogP) is 3.59. The number of benzene rings is 1. The number of hydrogen-bond donors (Lipinski definition) is 0. The maximum atomic E-state index is 12.2. The van der Waals surface area contributed by atoms with Gasteiger partial charge in [-0.15, -0.1) is 0 Å². The molecule has 1 aromatic rings. The minimum atomic E-state index is -0.422. The van der Waals surface area contributed by atoms with Gasteiger partial charge in [0, 0.05) is 0 Å². The lowest BCUT2D eigenvalue weighted by molar-refractivity contribution is 0.628. The van der Waals surface area contributed by atoms with Crippen LogP contribution in [0.3, 0.4) is 0 Å². The monoisotopic (exact) mass is 311 g/mol. The van der Waals surface area contributed by atoms with Crippen LogP contribution < -0.4 is 0 Å². The van der Waals surface area contributed by atoms with Crippen molar-refractivity contribution in [2.75, 3.05) is 0 Å². The molecule has 1 rings (SSSR count). The molecule has 1 radical (unpaired) electrons. The van der Waals surface area contributed by atoms with Crippen molar-refractivity contribution in [3.63, 3.8) is 0 Å². The summed E-state index contributed by atoms with van der Waals surface area (Å²) in [6.07, 6.45) is 0.